The van der Waals surface area contributed by atoms with Crippen LogP contribution >= 0.6 is 0 Å². The molecule has 5 aromatic rings. The first-order valence-electron chi connectivity index (χ1n) is 7.91. The van der Waals surface area contributed by atoms with Crippen molar-refractivity contribution in [1.82, 2.24) is 19.9 Å². The van der Waals surface area contributed by atoms with Gasteiger partial charge in [-0.3, -0.25) is 9.97 Å². The number of aromatic carboxylic acids is 1. The topological polar surface area (TPSA) is 90.1 Å². The zero-order valence-electron chi connectivity index (χ0n) is 13.9. The van der Waals surface area contributed by atoms with E-state index in [-0.39, 0.29) is 26.8 Å². The van der Waals surface area contributed by atoms with Gasteiger partial charge in [-0.25, -0.2) is 4.79 Å². The molecular weight excluding hydrogens is 523 g/mol. The summed E-state index contributed by atoms with van der Waals surface area (Å²) >= 11 is 0. The average molecular weight is 536 g/mol. The van der Waals surface area contributed by atoms with Crippen LogP contribution in [0.3, 0.4) is 0 Å². The number of carbonyl (C=O) groups is 1. The Morgan fingerprint density at radius 1 is 0.852 bits per heavy atom. The maximum atomic E-state index is 9.96. The molecule has 0 amide bonds. The molecule has 0 spiro atoms. The predicted molar refractivity (Wildman–Crippen MR) is 99.1 cm³/mol. The van der Waals surface area contributed by atoms with Crippen LogP contribution in [0.15, 0.2) is 73.4 Å². The van der Waals surface area contributed by atoms with Crippen molar-refractivity contribution in [2.75, 3.05) is 0 Å². The molecule has 3 aromatic heterocycles. The fraction of sp³-hybridized carbons (Fsp3) is 0. The number of hydrogen-bond acceptors (Lipinski definition) is 4. The molecule has 1 N–H and O–H groups in total. The molecule has 3 heterocycles. The Bertz CT molecular complexity index is 1150. The molecule has 2 aromatic carbocycles. The van der Waals surface area contributed by atoms with Gasteiger partial charge in [-0.15, -0.1) is 0 Å². The van der Waals surface area contributed by atoms with Gasteiger partial charge in [0, 0.05) is 55.3 Å². The van der Waals surface area contributed by atoms with Crippen molar-refractivity contribution in [3.8, 4) is 0 Å². The van der Waals surface area contributed by atoms with Crippen molar-refractivity contribution >= 4 is 38.5 Å². The largest absolute Gasteiger partial charge is 0.478 e. The van der Waals surface area contributed by atoms with Crippen LogP contribution in [0.2, 0.25) is 0 Å². The molecule has 0 bridgehead atoms. The van der Waals surface area contributed by atoms with Crippen molar-refractivity contribution in [1.29, 1.82) is 0 Å². The van der Waals surface area contributed by atoms with Crippen LogP contribution in [-0.4, -0.2) is 26.0 Å². The molecule has 0 atom stereocenters. The van der Waals surface area contributed by atoms with Crippen molar-refractivity contribution in [2.24, 2.45) is 0 Å². The van der Waals surface area contributed by atoms with Gasteiger partial charge in [-0.1, -0.05) is 48.9 Å². The Morgan fingerprint density at radius 3 is 1.85 bits per heavy atom. The number of carboxylic acids is 1. The predicted octanol–water partition coefficient (Wildman–Crippen LogP) is 3.67. The Morgan fingerprint density at radius 2 is 1.41 bits per heavy atom. The maximum absolute atomic E-state index is 9.96. The first-order valence-corrected chi connectivity index (χ1v) is 7.91. The summed E-state index contributed by atoms with van der Waals surface area (Å²) in [6.07, 6.45) is 6.07. The second-order valence-corrected chi connectivity index (χ2v) is 5.59. The molecule has 0 aliphatic rings. The van der Waals surface area contributed by atoms with Crippen molar-refractivity contribution < 1.29 is 31.0 Å². The molecule has 136 valence electrons. The number of rotatable bonds is 1. The number of aromatic nitrogens is 4. The van der Waals surface area contributed by atoms with Gasteiger partial charge in [0.15, 0.2) is 0 Å². The van der Waals surface area contributed by atoms with E-state index >= 15 is 0 Å². The van der Waals surface area contributed by atoms with Gasteiger partial charge in [0.2, 0.25) is 0 Å². The second kappa shape index (κ2) is 8.06. The molecule has 0 fully saturated rings. The SMILES string of the molecule is O=C(O)c1cnc[n-]1.[Pt].c1cnc2c(c1)ccc1ccc3cccnc3c12. The minimum atomic E-state index is -1.04. The van der Waals surface area contributed by atoms with Crippen LogP contribution in [0.25, 0.3) is 32.6 Å². The number of benzene rings is 2. The summed E-state index contributed by atoms with van der Waals surface area (Å²) in [5.41, 5.74) is 2.05. The zero-order valence-corrected chi connectivity index (χ0v) is 16.2. The van der Waals surface area contributed by atoms with E-state index in [1.54, 1.807) is 0 Å². The standard InChI is InChI=1S/C16H10N2.C4H4N2O2.Pt/c1-3-12-7-5-11-6-8-13-4-2-10-18-16(13)14(11)15(12)17-9-1;7-4(8)3-1-5-2-6-3;/h1-10H;1-2H,(H2,5,6,7,8);/p-1. The summed E-state index contributed by atoms with van der Waals surface area (Å²) in [6, 6.07) is 16.6. The number of fused-ring (bicyclic) bond motifs is 5. The van der Waals surface area contributed by atoms with Crippen molar-refractivity contribution in [3.05, 3.63) is 79.1 Å². The summed E-state index contributed by atoms with van der Waals surface area (Å²) in [7, 11) is 0. The van der Waals surface area contributed by atoms with Crippen LogP contribution in [0.4, 0.5) is 0 Å². The van der Waals surface area contributed by atoms with Gasteiger partial charge < -0.3 is 15.1 Å². The Labute approximate surface area is 168 Å². The minimum Gasteiger partial charge on any atom is -0.478 e. The van der Waals surface area contributed by atoms with E-state index in [0.717, 1.165) is 27.2 Å². The number of nitrogens with zero attached hydrogens (tertiary/aromatic N) is 4. The first-order chi connectivity index (χ1) is 12.7. The molecule has 0 aliphatic carbocycles. The summed E-state index contributed by atoms with van der Waals surface area (Å²) in [5.74, 6) is -1.04. The Kier molecular flexibility index (Phi) is 5.57. The van der Waals surface area contributed by atoms with E-state index in [9.17, 15) is 4.79 Å². The fourth-order valence-corrected chi connectivity index (χ4v) is 2.83. The molecular formula is C20H13N4O2Pt-. The van der Waals surface area contributed by atoms with Crippen LogP contribution in [-0.2, 0) is 21.1 Å². The maximum Gasteiger partial charge on any atom is 0.331 e. The molecule has 7 heteroatoms. The second-order valence-electron chi connectivity index (χ2n) is 5.59. The van der Waals surface area contributed by atoms with Crippen molar-refractivity contribution in [3.63, 3.8) is 0 Å². The smallest absolute Gasteiger partial charge is 0.331 e. The van der Waals surface area contributed by atoms with Crippen LogP contribution < -0.4 is 4.98 Å². The van der Waals surface area contributed by atoms with E-state index in [4.69, 9.17) is 5.11 Å². The molecule has 5 rings (SSSR count). The molecule has 0 saturated heterocycles. The van der Waals surface area contributed by atoms with Gasteiger partial charge in [0.1, 0.15) is 0 Å². The van der Waals surface area contributed by atoms with E-state index in [1.165, 1.54) is 17.9 Å². The van der Waals surface area contributed by atoms with Crippen LogP contribution in [0, 0.1) is 0 Å². The van der Waals surface area contributed by atoms with Gasteiger partial charge in [-0.05, 0) is 17.5 Å². The summed E-state index contributed by atoms with van der Waals surface area (Å²) < 4.78 is 0. The summed E-state index contributed by atoms with van der Waals surface area (Å²) in [6.45, 7) is 0. The van der Waals surface area contributed by atoms with Gasteiger partial charge >= 0.3 is 5.97 Å². The zero-order chi connectivity index (χ0) is 17.9. The third kappa shape index (κ3) is 3.71. The van der Waals surface area contributed by atoms with E-state index in [1.807, 2.05) is 24.5 Å². The van der Waals surface area contributed by atoms with Crippen molar-refractivity contribution in [2.45, 2.75) is 0 Å². The summed E-state index contributed by atoms with van der Waals surface area (Å²) in [5, 5.41) is 12.8. The first kappa shape index (κ1) is 18.7. The normalized spacial score (nSPS) is 10.2. The van der Waals surface area contributed by atoms with E-state index < -0.39 is 5.97 Å². The average Bonchev–Trinajstić information content (AvgIpc) is 3.23. The summed E-state index contributed by atoms with van der Waals surface area (Å²) in [4.78, 5) is 25.9. The molecule has 27 heavy (non-hydrogen) atoms. The third-order valence-electron chi connectivity index (χ3n) is 4.00. The molecule has 0 aliphatic heterocycles. The molecule has 0 unspecified atom stereocenters. The van der Waals surface area contributed by atoms with Gasteiger partial charge in [0.05, 0.1) is 11.0 Å². The third-order valence-corrected chi connectivity index (χ3v) is 4.00. The van der Waals surface area contributed by atoms with E-state index in [2.05, 4.69) is 56.3 Å². The fourth-order valence-electron chi connectivity index (χ4n) is 2.83. The monoisotopic (exact) mass is 536 g/mol. The quantitative estimate of drug-likeness (QED) is 0.329. The van der Waals surface area contributed by atoms with Gasteiger partial charge in [0.25, 0.3) is 0 Å². The number of imidazole rings is 1. The Balaban J connectivity index is 0.000000200. The number of hydrogen-bond donors (Lipinski definition) is 1. The minimum absolute atomic E-state index is 0. The van der Waals surface area contributed by atoms with Crippen LogP contribution in [0.5, 0.6) is 0 Å². The molecule has 0 saturated carbocycles. The van der Waals surface area contributed by atoms with Crippen LogP contribution in [0.1, 0.15) is 10.5 Å². The number of pyridine rings is 2. The number of carboxylic acid groups (broad SMARTS) is 1. The van der Waals surface area contributed by atoms with Gasteiger partial charge in [-0.2, -0.15) is 0 Å². The molecule has 0 radical (unpaired) electrons. The Hall–Kier alpha value is -3.11. The molecule has 6 nitrogen and oxygen atoms in total. The van der Waals surface area contributed by atoms with E-state index in [0.29, 0.717) is 0 Å².